The molecule has 1 aromatic heterocycles. The largest absolute Gasteiger partial charge is 0.477 e. The summed E-state index contributed by atoms with van der Waals surface area (Å²) in [5.41, 5.74) is 0.0962. The highest BCUT2D eigenvalue weighted by atomic mass is 16.4. The Bertz CT molecular complexity index is 406. The van der Waals surface area contributed by atoms with E-state index in [9.17, 15) is 4.79 Å². The average Bonchev–Trinajstić information content (AvgIpc) is 2.29. The van der Waals surface area contributed by atoms with Gasteiger partial charge in [0.15, 0.2) is 5.69 Å². The molecule has 1 aromatic rings. The second kappa shape index (κ2) is 5.17. The maximum Gasteiger partial charge on any atom is 0.354 e. The summed E-state index contributed by atoms with van der Waals surface area (Å²) in [5.74, 6) is 0.429. The lowest BCUT2D eigenvalue weighted by atomic mass is 9.87. The van der Waals surface area contributed by atoms with E-state index in [4.69, 9.17) is 5.11 Å². The zero-order chi connectivity index (χ0) is 12.3. The quantitative estimate of drug-likeness (QED) is 0.844. The number of nitrogens with zero attached hydrogens (tertiary/aromatic N) is 1. The van der Waals surface area contributed by atoms with E-state index in [1.807, 2.05) is 6.07 Å². The van der Waals surface area contributed by atoms with E-state index >= 15 is 0 Å². The molecule has 4 nitrogen and oxygen atoms in total. The molecule has 0 aromatic carbocycles. The molecule has 92 valence electrons. The van der Waals surface area contributed by atoms with E-state index in [2.05, 4.69) is 17.2 Å². The van der Waals surface area contributed by atoms with Gasteiger partial charge in [0.1, 0.15) is 5.82 Å². The molecule has 1 fully saturated rings. The Balaban J connectivity index is 2.02. The Morgan fingerprint density at radius 3 is 3.00 bits per heavy atom. The highest BCUT2D eigenvalue weighted by Crippen LogP contribution is 2.25. The van der Waals surface area contributed by atoms with Crippen LogP contribution >= 0.6 is 0 Å². The fraction of sp³-hybridized carbons (Fsp3) is 0.538. The van der Waals surface area contributed by atoms with Crippen LogP contribution in [-0.2, 0) is 0 Å². The van der Waals surface area contributed by atoms with E-state index in [0.717, 1.165) is 18.8 Å². The summed E-state index contributed by atoms with van der Waals surface area (Å²) >= 11 is 0. The Morgan fingerprint density at radius 1 is 1.47 bits per heavy atom. The van der Waals surface area contributed by atoms with E-state index in [-0.39, 0.29) is 5.69 Å². The number of pyridine rings is 1. The third-order valence-corrected chi connectivity index (χ3v) is 3.26. The van der Waals surface area contributed by atoms with Crippen LogP contribution in [0.4, 0.5) is 5.82 Å². The first kappa shape index (κ1) is 11.9. The molecule has 0 radical (unpaired) electrons. The molecule has 2 rings (SSSR count). The van der Waals surface area contributed by atoms with Gasteiger partial charge in [-0.25, -0.2) is 9.78 Å². The lowest BCUT2D eigenvalue weighted by molar-refractivity contribution is 0.0690. The minimum Gasteiger partial charge on any atom is -0.477 e. The molecule has 1 aliphatic carbocycles. The first-order valence-electron chi connectivity index (χ1n) is 6.12. The summed E-state index contributed by atoms with van der Waals surface area (Å²) in [5, 5.41) is 12.2. The summed E-state index contributed by atoms with van der Waals surface area (Å²) in [6, 6.07) is 5.49. The smallest absolute Gasteiger partial charge is 0.354 e. The predicted octanol–water partition coefficient (Wildman–Crippen LogP) is 2.77. The lowest BCUT2D eigenvalue weighted by Gasteiger charge is -2.27. The summed E-state index contributed by atoms with van der Waals surface area (Å²) in [6.45, 7) is 2.26. The van der Waals surface area contributed by atoms with Gasteiger partial charge in [-0.05, 0) is 30.9 Å². The molecule has 4 heteroatoms. The normalized spacial score (nSPS) is 24.3. The van der Waals surface area contributed by atoms with Crippen molar-refractivity contribution < 1.29 is 9.90 Å². The predicted molar refractivity (Wildman–Crippen MR) is 66.2 cm³/mol. The number of carbonyl (C=O) groups is 1. The topological polar surface area (TPSA) is 62.2 Å². The first-order chi connectivity index (χ1) is 8.15. The molecule has 2 unspecified atom stereocenters. The maximum atomic E-state index is 10.8. The van der Waals surface area contributed by atoms with Gasteiger partial charge in [-0.2, -0.15) is 0 Å². The number of hydrogen-bond donors (Lipinski definition) is 2. The fourth-order valence-corrected chi connectivity index (χ4v) is 2.41. The minimum absolute atomic E-state index is 0.0962. The third-order valence-electron chi connectivity index (χ3n) is 3.26. The number of hydrogen-bond acceptors (Lipinski definition) is 3. The van der Waals surface area contributed by atoms with Crippen LogP contribution in [0.3, 0.4) is 0 Å². The number of aromatic carboxylic acids is 1. The molecule has 17 heavy (non-hydrogen) atoms. The molecule has 0 spiro atoms. The molecule has 0 aliphatic heterocycles. The average molecular weight is 234 g/mol. The summed E-state index contributed by atoms with van der Waals surface area (Å²) in [4.78, 5) is 14.9. The van der Waals surface area contributed by atoms with Gasteiger partial charge >= 0.3 is 5.97 Å². The van der Waals surface area contributed by atoms with Crippen LogP contribution in [0.15, 0.2) is 18.2 Å². The monoisotopic (exact) mass is 234 g/mol. The van der Waals surface area contributed by atoms with E-state index < -0.39 is 5.97 Å². The molecular formula is C13H18N2O2. The van der Waals surface area contributed by atoms with E-state index in [0.29, 0.717) is 11.9 Å². The molecule has 0 amide bonds. The van der Waals surface area contributed by atoms with Gasteiger partial charge in [-0.3, -0.25) is 0 Å². The Hall–Kier alpha value is -1.58. The molecular weight excluding hydrogens is 216 g/mol. The van der Waals surface area contributed by atoms with Gasteiger partial charge in [0.05, 0.1) is 0 Å². The van der Waals surface area contributed by atoms with Crippen molar-refractivity contribution in [2.75, 3.05) is 5.32 Å². The van der Waals surface area contributed by atoms with Crippen LogP contribution in [0.25, 0.3) is 0 Å². The van der Waals surface area contributed by atoms with Crippen LogP contribution in [0, 0.1) is 5.92 Å². The van der Waals surface area contributed by atoms with Crippen molar-refractivity contribution in [1.29, 1.82) is 0 Å². The zero-order valence-corrected chi connectivity index (χ0v) is 10.0. The van der Waals surface area contributed by atoms with E-state index in [1.54, 1.807) is 6.07 Å². The summed E-state index contributed by atoms with van der Waals surface area (Å²) < 4.78 is 0. The van der Waals surface area contributed by atoms with Gasteiger partial charge in [-0.15, -0.1) is 0 Å². The number of nitrogens with one attached hydrogen (secondary N) is 1. The maximum absolute atomic E-state index is 10.8. The Morgan fingerprint density at radius 2 is 2.29 bits per heavy atom. The van der Waals surface area contributed by atoms with Crippen molar-refractivity contribution in [1.82, 2.24) is 4.98 Å². The Labute approximate surface area is 101 Å². The number of carboxylic acid groups (broad SMARTS) is 1. The first-order valence-corrected chi connectivity index (χ1v) is 6.12. The van der Waals surface area contributed by atoms with Crippen LogP contribution in [0.5, 0.6) is 0 Å². The van der Waals surface area contributed by atoms with Crippen LogP contribution in [0.1, 0.15) is 43.1 Å². The number of anilines is 1. The van der Waals surface area contributed by atoms with Gasteiger partial charge in [-0.1, -0.05) is 25.8 Å². The second-order valence-corrected chi connectivity index (χ2v) is 4.83. The molecule has 1 aliphatic rings. The van der Waals surface area contributed by atoms with Gasteiger partial charge in [0, 0.05) is 6.04 Å². The minimum atomic E-state index is -0.981. The van der Waals surface area contributed by atoms with E-state index in [1.165, 1.54) is 18.9 Å². The molecule has 0 saturated heterocycles. The zero-order valence-electron chi connectivity index (χ0n) is 10.0. The van der Waals surface area contributed by atoms with Gasteiger partial charge in [0.25, 0.3) is 0 Å². The third kappa shape index (κ3) is 3.19. The molecule has 2 atom stereocenters. The number of aromatic nitrogens is 1. The fourth-order valence-electron chi connectivity index (χ4n) is 2.41. The molecule has 2 N–H and O–H groups in total. The van der Waals surface area contributed by atoms with Gasteiger partial charge < -0.3 is 10.4 Å². The van der Waals surface area contributed by atoms with Crippen LogP contribution < -0.4 is 5.32 Å². The molecule has 1 heterocycles. The highest BCUT2D eigenvalue weighted by Gasteiger charge is 2.19. The summed E-state index contributed by atoms with van der Waals surface area (Å²) in [6.07, 6.45) is 4.81. The molecule has 1 saturated carbocycles. The van der Waals surface area contributed by atoms with Crippen molar-refractivity contribution in [3.8, 4) is 0 Å². The van der Waals surface area contributed by atoms with Crippen molar-refractivity contribution in [2.45, 2.75) is 38.6 Å². The standard InChI is InChI=1S/C13H18N2O2/c1-9-4-2-5-10(8-9)14-12-7-3-6-11(15-12)13(16)17/h3,6-7,9-10H,2,4-5,8H2,1H3,(H,14,15)(H,16,17). The number of carboxylic acids is 1. The highest BCUT2D eigenvalue weighted by molar-refractivity contribution is 5.85. The molecule has 0 bridgehead atoms. The van der Waals surface area contributed by atoms with Crippen molar-refractivity contribution in [2.24, 2.45) is 5.92 Å². The lowest BCUT2D eigenvalue weighted by Crippen LogP contribution is -2.26. The number of rotatable bonds is 3. The van der Waals surface area contributed by atoms with Crippen molar-refractivity contribution in [3.05, 3.63) is 23.9 Å². The summed E-state index contributed by atoms with van der Waals surface area (Å²) in [7, 11) is 0. The Kier molecular flexibility index (Phi) is 3.61. The van der Waals surface area contributed by atoms with Crippen molar-refractivity contribution in [3.63, 3.8) is 0 Å². The van der Waals surface area contributed by atoms with Gasteiger partial charge in [0.2, 0.25) is 0 Å². The SMILES string of the molecule is CC1CCCC(Nc2cccc(C(=O)O)n2)C1. The van der Waals surface area contributed by atoms with Crippen LogP contribution in [0.2, 0.25) is 0 Å². The van der Waals surface area contributed by atoms with Crippen molar-refractivity contribution >= 4 is 11.8 Å². The van der Waals surface area contributed by atoms with Crippen LogP contribution in [-0.4, -0.2) is 22.1 Å². The second-order valence-electron chi connectivity index (χ2n) is 4.83.